The summed E-state index contributed by atoms with van der Waals surface area (Å²) in [5.41, 5.74) is 4.79. The van der Waals surface area contributed by atoms with Crippen LogP contribution in [0.1, 0.15) is 46.0 Å². The zero-order chi connectivity index (χ0) is 19.4. The number of hydrogen-bond donors (Lipinski definition) is 0. The second-order valence-electron chi connectivity index (χ2n) is 8.04. The van der Waals surface area contributed by atoms with Gasteiger partial charge in [-0.2, -0.15) is 0 Å². The van der Waals surface area contributed by atoms with Gasteiger partial charge in [0.2, 0.25) is 0 Å². The lowest BCUT2D eigenvalue weighted by atomic mass is 10.0. The topological polar surface area (TPSA) is 42.3 Å². The first-order chi connectivity index (χ1) is 13.5. The molecule has 2 aromatic carbocycles. The Morgan fingerprint density at radius 2 is 1.96 bits per heavy atom. The standard InChI is InChI=1S/C23H23FN2O2/c1-14(27)15-2-5-20-19(12-15)23-18-4-7-22(28)17(18)3-6-21(23)26(20)11-10-25-9-8-16(24)13-25/h2-3,5-6,12,16H,4,7-11,13H2,1H3. The van der Waals surface area contributed by atoms with E-state index in [0.29, 0.717) is 24.9 Å². The summed E-state index contributed by atoms with van der Waals surface area (Å²) >= 11 is 0. The van der Waals surface area contributed by atoms with E-state index in [1.165, 1.54) is 0 Å². The SMILES string of the molecule is CC(=O)c1ccc2c(c1)c1c3c(ccc1n2CCN1CCC(F)C1)C(=O)CC3. The number of aryl methyl sites for hydroxylation is 1. The number of carbonyl (C=O) groups excluding carboxylic acids is 2. The summed E-state index contributed by atoms with van der Waals surface area (Å²) in [6.45, 7) is 4.45. The number of ketones is 2. The van der Waals surface area contributed by atoms with Gasteiger partial charge in [-0.15, -0.1) is 0 Å². The maximum atomic E-state index is 13.5. The van der Waals surface area contributed by atoms with Crippen LogP contribution < -0.4 is 0 Å². The van der Waals surface area contributed by atoms with E-state index < -0.39 is 6.17 Å². The molecule has 1 unspecified atom stereocenters. The number of halogens is 1. The number of benzene rings is 2. The molecule has 3 aromatic rings. The number of Topliss-reactive ketones (excluding diaryl/α,β-unsaturated/α-hetero) is 2. The molecular formula is C23H23FN2O2. The van der Waals surface area contributed by atoms with Crippen LogP contribution >= 0.6 is 0 Å². The van der Waals surface area contributed by atoms with Gasteiger partial charge in [0.15, 0.2) is 11.6 Å². The molecule has 0 spiro atoms. The first-order valence-electron chi connectivity index (χ1n) is 10.0. The Labute approximate surface area is 162 Å². The molecule has 5 heteroatoms. The average molecular weight is 378 g/mol. The van der Waals surface area contributed by atoms with Gasteiger partial charge in [-0.1, -0.05) is 0 Å². The molecular weight excluding hydrogens is 355 g/mol. The summed E-state index contributed by atoms with van der Waals surface area (Å²) in [5, 5.41) is 2.14. The van der Waals surface area contributed by atoms with E-state index in [2.05, 4.69) is 9.47 Å². The zero-order valence-corrected chi connectivity index (χ0v) is 16.0. The van der Waals surface area contributed by atoms with Gasteiger partial charge in [0.25, 0.3) is 0 Å². The van der Waals surface area contributed by atoms with E-state index >= 15 is 0 Å². The van der Waals surface area contributed by atoms with Gasteiger partial charge in [-0.05, 0) is 55.7 Å². The van der Waals surface area contributed by atoms with E-state index in [0.717, 1.165) is 59.0 Å². The Kier molecular flexibility index (Phi) is 4.09. The number of nitrogens with zero attached hydrogens (tertiary/aromatic N) is 2. The van der Waals surface area contributed by atoms with Crippen molar-refractivity contribution in [2.24, 2.45) is 0 Å². The fraction of sp³-hybridized carbons (Fsp3) is 0.391. The lowest BCUT2D eigenvalue weighted by Gasteiger charge is -2.16. The molecule has 1 atom stereocenters. The fourth-order valence-electron chi connectivity index (χ4n) is 4.85. The molecule has 1 saturated heterocycles. The van der Waals surface area contributed by atoms with Crippen LogP contribution in [-0.4, -0.2) is 46.8 Å². The number of hydrogen-bond acceptors (Lipinski definition) is 3. The predicted octanol–water partition coefficient (Wildman–Crippen LogP) is 4.17. The highest BCUT2D eigenvalue weighted by molar-refractivity contribution is 6.16. The molecule has 0 saturated carbocycles. The molecule has 0 bridgehead atoms. The van der Waals surface area contributed by atoms with Crippen LogP contribution in [0.2, 0.25) is 0 Å². The number of carbonyl (C=O) groups is 2. The number of fused-ring (bicyclic) bond motifs is 5. The number of likely N-dealkylation sites (tertiary alicyclic amines) is 1. The first kappa shape index (κ1) is 17.6. The Hall–Kier alpha value is -2.53. The summed E-state index contributed by atoms with van der Waals surface area (Å²) in [7, 11) is 0. The van der Waals surface area contributed by atoms with E-state index in [4.69, 9.17) is 0 Å². The van der Waals surface area contributed by atoms with Gasteiger partial charge in [-0.3, -0.25) is 14.5 Å². The molecule has 144 valence electrons. The lowest BCUT2D eigenvalue weighted by Crippen LogP contribution is -2.25. The van der Waals surface area contributed by atoms with Crippen molar-refractivity contribution in [2.45, 2.75) is 38.9 Å². The van der Waals surface area contributed by atoms with E-state index in [1.807, 2.05) is 30.3 Å². The molecule has 0 N–H and O–H groups in total. The van der Waals surface area contributed by atoms with Gasteiger partial charge in [-0.25, -0.2) is 4.39 Å². The third kappa shape index (κ3) is 2.68. The third-order valence-corrected chi connectivity index (χ3v) is 6.30. The molecule has 1 aromatic heterocycles. The molecule has 1 aliphatic heterocycles. The van der Waals surface area contributed by atoms with Crippen LogP contribution in [0.4, 0.5) is 4.39 Å². The quantitative estimate of drug-likeness (QED) is 0.640. The van der Waals surface area contributed by atoms with Gasteiger partial charge >= 0.3 is 0 Å². The largest absolute Gasteiger partial charge is 0.339 e. The van der Waals surface area contributed by atoms with Gasteiger partial charge in [0, 0.05) is 65.5 Å². The highest BCUT2D eigenvalue weighted by atomic mass is 19.1. The molecule has 1 aliphatic carbocycles. The van der Waals surface area contributed by atoms with E-state index in [9.17, 15) is 14.0 Å². The second kappa shape index (κ2) is 6.52. The molecule has 1 fully saturated rings. The normalized spacial score (nSPS) is 19.8. The van der Waals surface area contributed by atoms with Crippen molar-refractivity contribution in [1.82, 2.24) is 9.47 Å². The highest BCUT2D eigenvalue weighted by Crippen LogP contribution is 2.37. The highest BCUT2D eigenvalue weighted by Gasteiger charge is 2.26. The van der Waals surface area contributed by atoms with Crippen molar-refractivity contribution in [2.75, 3.05) is 19.6 Å². The Morgan fingerprint density at radius 1 is 1.14 bits per heavy atom. The number of rotatable bonds is 4. The average Bonchev–Trinajstić information content (AvgIpc) is 3.35. The van der Waals surface area contributed by atoms with Crippen molar-refractivity contribution in [3.8, 4) is 0 Å². The number of aromatic nitrogens is 1. The first-order valence-corrected chi connectivity index (χ1v) is 10.0. The Bertz CT molecular complexity index is 1130. The molecule has 2 heterocycles. The third-order valence-electron chi connectivity index (χ3n) is 6.30. The van der Waals surface area contributed by atoms with Crippen LogP contribution in [0.25, 0.3) is 21.8 Å². The maximum absolute atomic E-state index is 13.5. The van der Waals surface area contributed by atoms with Gasteiger partial charge in [0.1, 0.15) is 6.17 Å². The zero-order valence-electron chi connectivity index (χ0n) is 16.0. The second-order valence-corrected chi connectivity index (χ2v) is 8.04. The van der Waals surface area contributed by atoms with Crippen molar-refractivity contribution < 1.29 is 14.0 Å². The molecule has 5 rings (SSSR count). The van der Waals surface area contributed by atoms with Crippen molar-refractivity contribution >= 4 is 33.4 Å². The minimum absolute atomic E-state index is 0.0394. The summed E-state index contributed by atoms with van der Waals surface area (Å²) < 4.78 is 15.8. The summed E-state index contributed by atoms with van der Waals surface area (Å²) in [4.78, 5) is 26.4. The molecule has 0 radical (unpaired) electrons. The fourth-order valence-corrected chi connectivity index (χ4v) is 4.85. The van der Waals surface area contributed by atoms with Crippen LogP contribution in [0.5, 0.6) is 0 Å². The van der Waals surface area contributed by atoms with Crippen LogP contribution in [0.3, 0.4) is 0 Å². The van der Waals surface area contributed by atoms with Crippen molar-refractivity contribution in [3.63, 3.8) is 0 Å². The van der Waals surface area contributed by atoms with Gasteiger partial charge < -0.3 is 4.57 Å². The van der Waals surface area contributed by atoms with Crippen molar-refractivity contribution in [1.29, 1.82) is 0 Å². The van der Waals surface area contributed by atoms with Crippen LogP contribution in [-0.2, 0) is 13.0 Å². The monoisotopic (exact) mass is 378 g/mol. The molecule has 2 aliphatic rings. The molecule has 4 nitrogen and oxygen atoms in total. The maximum Gasteiger partial charge on any atom is 0.163 e. The van der Waals surface area contributed by atoms with E-state index in [1.54, 1.807) is 6.92 Å². The summed E-state index contributed by atoms with van der Waals surface area (Å²) in [6, 6.07) is 9.83. The Balaban J connectivity index is 1.67. The minimum Gasteiger partial charge on any atom is -0.339 e. The van der Waals surface area contributed by atoms with Gasteiger partial charge in [0.05, 0.1) is 0 Å². The van der Waals surface area contributed by atoms with E-state index in [-0.39, 0.29) is 11.6 Å². The van der Waals surface area contributed by atoms with Crippen LogP contribution in [0.15, 0.2) is 30.3 Å². The number of alkyl halides is 1. The summed E-state index contributed by atoms with van der Waals surface area (Å²) in [6.07, 6.45) is 1.21. The van der Waals surface area contributed by atoms with Crippen molar-refractivity contribution in [3.05, 3.63) is 47.0 Å². The Morgan fingerprint density at radius 3 is 2.71 bits per heavy atom. The smallest absolute Gasteiger partial charge is 0.163 e. The summed E-state index contributed by atoms with van der Waals surface area (Å²) in [5.74, 6) is 0.240. The molecule has 28 heavy (non-hydrogen) atoms. The molecule has 0 amide bonds. The predicted molar refractivity (Wildman–Crippen MR) is 108 cm³/mol. The van der Waals surface area contributed by atoms with Crippen LogP contribution in [0, 0.1) is 0 Å². The lowest BCUT2D eigenvalue weighted by molar-refractivity contribution is 0.0991. The minimum atomic E-state index is -0.717.